The molecule has 1 saturated heterocycles. The van der Waals surface area contributed by atoms with Gasteiger partial charge in [0.25, 0.3) is 5.91 Å². The minimum atomic E-state index is -0.907. The largest absolute Gasteiger partial charge is 0.481 e. The number of hydrazine groups is 1. The minimum absolute atomic E-state index is 0.0591. The second kappa shape index (κ2) is 7.06. The van der Waals surface area contributed by atoms with Crippen LogP contribution in [0.4, 0.5) is 0 Å². The number of aliphatic carboxylic acids is 1. The van der Waals surface area contributed by atoms with E-state index in [1.54, 1.807) is 5.01 Å². The van der Waals surface area contributed by atoms with Crippen LogP contribution in [0.2, 0.25) is 5.02 Å². The van der Waals surface area contributed by atoms with Crippen LogP contribution < -0.4 is 10.7 Å². The number of amides is 1. The van der Waals surface area contributed by atoms with E-state index in [-0.39, 0.29) is 36.9 Å². The maximum atomic E-state index is 12.9. The number of rotatable bonds is 5. The lowest BCUT2D eigenvalue weighted by atomic mass is 9.88. The number of halogens is 1. The summed E-state index contributed by atoms with van der Waals surface area (Å²) in [4.78, 5) is 23.7. The number of hydrogen-bond acceptors (Lipinski definition) is 4. The summed E-state index contributed by atoms with van der Waals surface area (Å²) in [5, 5.41) is 14.6. The molecule has 25 heavy (non-hydrogen) atoms. The highest BCUT2D eigenvalue weighted by Gasteiger charge is 2.47. The molecule has 0 aromatic heterocycles. The molecular formula is C18H22ClN3O3. The summed E-state index contributed by atoms with van der Waals surface area (Å²) in [7, 11) is 0. The van der Waals surface area contributed by atoms with Gasteiger partial charge < -0.3 is 10.4 Å². The zero-order valence-corrected chi connectivity index (χ0v) is 15.0. The van der Waals surface area contributed by atoms with Crippen molar-refractivity contribution >= 4 is 23.5 Å². The molecule has 134 valence electrons. The SMILES string of the molecule is CCC1NN2C(=O)C(CCC(=O)O)=C(C)NC2C1c1ccc(Cl)cc1. The number of nitrogens with zero attached hydrogens (tertiary/aromatic N) is 1. The number of nitrogens with one attached hydrogen (secondary N) is 2. The zero-order chi connectivity index (χ0) is 18.1. The third-order valence-corrected chi connectivity index (χ3v) is 5.19. The average molecular weight is 364 g/mol. The first-order valence-electron chi connectivity index (χ1n) is 8.45. The van der Waals surface area contributed by atoms with Crippen molar-refractivity contribution in [2.75, 3.05) is 0 Å². The summed E-state index contributed by atoms with van der Waals surface area (Å²) in [5.41, 5.74) is 5.69. The molecule has 1 fully saturated rings. The summed E-state index contributed by atoms with van der Waals surface area (Å²) in [6, 6.07) is 7.81. The second-order valence-electron chi connectivity index (χ2n) is 6.48. The molecule has 3 atom stereocenters. The highest BCUT2D eigenvalue weighted by molar-refractivity contribution is 6.30. The molecule has 3 unspecified atom stereocenters. The summed E-state index contributed by atoms with van der Waals surface area (Å²) in [6.45, 7) is 3.92. The first-order chi connectivity index (χ1) is 11.9. The summed E-state index contributed by atoms with van der Waals surface area (Å²) in [6.07, 6.45) is 0.822. The molecule has 6 nitrogen and oxygen atoms in total. The summed E-state index contributed by atoms with van der Waals surface area (Å²) >= 11 is 6.00. The Morgan fingerprint density at radius 1 is 1.32 bits per heavy atom. The van der Waals surface area contributed by atoms with Crippen molar-refractivity contribution in [3.8, 4) is 0 Å². The predicted molar refractivity (Wildman–Crippen MR) is 94.7 cm³/mol. The van der Waals surface area contributed by atoms with Crippen molar-refractivity contribution in [3.05, 3.63) is 46.1 Å². The summed E-state index contributed by atoms with van der Waals surface area (Å²) in [5.74, 6) is -0.963. The molecule has 2 aliphatic rings. The number of benzene rings is 1. The van der Waals surface area contributed by atoms with E-state index in [0.29, 0.717) is 10.6 Å². The first-order valence-corrected chi connectivity index (χ1v) is 8.83. The van der Waals surface area contributed by atoms with E-state index >= 15 is 0 Å². The third kappa shape index (κ3) is 3.37. The zero-order valence-electron chi connectivity index (χ0n) is 14.3. The molecule has 7 heteroatoms. The minimum Gasteiger partial charge on any atom is -0.481 e. The fourth-order valence-electron chi connectivity index (χ4n) is 3.65. The third-order valence-electron chi connectivity index (χ3n) is 4.93. The van der Waals surface area contributed by atoms with E-state index in [0.717, 1.165) is 17.7 Å². The lowest BCUT2D eigenvalue weighted by Gasteiger charge is -2.35. The van der Waals surface area contributed by atoms with Crippen molar-refractivity contribution in [1.82, 2.24) is 15.8 Å². The Morgan fingerprint density at radius 2 is 2.00 bits per heavy atom. The van der Waals surface area contributed by atoms with E-state index in [4.69, 9.17) is 16.7 Å². The van der Waals surface area contributed by atoms with Gasteiger partial charge in [0.2, 0.25) is 0 Å². The van der Waals surface area contributed by atoms with Crippen LogP contribution in [0.15, 0.2) is 35.5 Å². The number of allylic oxidation sites excluding steroid dienone is 1. The van der Waals surface area contributed by atoms with Crippen LogP contribution in [-0.2, 0) is 9.59 Å². The molecule has 1 aromatic carbocycles. The Hall–Kier alpha value is -2.05. The van der Waals surface area contributed by atoms with Crippen LogP contribution in [0.5, 0.6) is 0 Å². The van der Waals surface area contributed by atoms with Gasteiger partial charge in [-0.2, -0.15) is 0 Å². The number of carbonyl (C=O) groups is 2. The van der Waals surface area contributed by atoms with Crippen LogP contribution in [0.25, 0.3) is 0 Å². The highest BCUT2D eigenvalue weighted by atomic mass is 35.5. The number of carbonyl (C=O) groups excluding carboxylic acids is 1. The molecule has 2 aliphatic heterocycles. The van der Waals surface area contributed by atoms with Crippen LogP contribution >= 0.6 is 11.6 Å². The molecule has 0 spiro atoms. The molecule has 1 aromatic rings. The Kier molecular flexibility index (Phi) is 5.01. The molecule has 3 N–H and O–H groups in total. The fraction of sp³-hybridized carbons (Fsp3) is 0.444. The Labute approximate surface area is 151 Å². The average Bonchev–Trinajstić information content (AvgIpc) is 2.94. The van der Waals surface area contributed by atoms with Gasteiger partial charge in [0, 0.05) is 34.7 Å². The predicted octanol–water partition coefficient (Wildman–Crippen LogP) is 2.62. The molecule has 0 radical (unpaired) electrons. The molecule has 3 rings (SSSR count). The number of fused-ring (bicyclic) bond motifs is 1. The quantitative estimate of drug-likeness (QED) is 0.749. The number of carboxylic acids is 1. The van der Waals surface area contributed by atoms with E-state index in [2.05, 4.69) is 17.7 Å². The van der Waals surface area contributed by atoms with Gasteiger partial charge in [0.15, 0.2) is 0 Å². The van der Waals surface area contributed by atoms with Gasteiger partial charge >= 0.3 is 5.97 Å². The van der Waals surface area contributed by atoms with Gasteiger partial charge in [0.05, 0.1) is 0 Å². The van der Waals surface area contributed by atoms with Gasteiger partial charge in [-0.15, -0.1) is 0 Å². The first kappa shape index (κ1) is 17.8. The van der Waals surface area contributed by atoms with Crippen molar-refractivity contribution in [1.29, 1.82) is 0 Å². The van der Waals surface area contributed by atoms with Crippen molar-refractivity contribution in [2.24, 2.45) is 0 Å². The molecule has 0 aliphatic carbocycles. The number of carboxylic acid groups (broad SMARTS) is 1. The van der Waals surface area contributed by atoms with Crippen molar-refractivity contribution in [3.63, 3.8) is 0 Å². The molecule has 1 amide bonds. The second-order valence-corrected chi connectivity index (χ2v) is 6.92. The van der Waals surface area contributed by atoms with Crippen LogP contribution in [0.3, 0.4) is 0 Å². The molecule has 0 bridgehead atoms. The summed E-state index contributed by atoms with van der Waals surface area (Å²) < 4.78 is 0. The maximum absolute atomic E-state index is 12.9. The van der Waals surface area contributed by atoms with Gasteiger partial charge in [-0.25, -0.2) is 5.43 Å². The molecule has 2 heterocycles. The van der Waals surface area contributed by atoms with E-state index in [1.165, 1.54) is 0 Å². The van der Waals surface area contributed by atoms with Crippen molar-refractivity contribution < 1.29 is 14.7 Å². The molecule has 0 saturated carbocycles. The maximum Gasteiger partial charge on any atom is 0.303 e. The Morgan fingerprint density at radius 3 is 2.60 bits per heavy atom. The van der Waals surface area contributed by atoms with Gasteiger partial charge in [-0.1, -0.05) is 30.7 Å². The van der Waals surface area contributed by atoms with Gasteiger partial charge in [-0.3, -0.25) is 14.6 Å². The van der Waals surface area contributed by atoms with Crippen LogP contribution in [0, 0.1) is 0 Å². The lowest BCUT2D eigenvalue weighted by Crippen LogP contribution is -2.54. The van der Waals surface area contributed by atoms with Crippen molar-refractivity contribution in [2.45, 2.75) is 51.2 Å². The lowest BCUT2D eigenvalue weighted by molar-refractivity contribution is -0.137. The normalized spacial score (nSPS) is 25.8. The van der Waals surface area contributed by atoms with E-state index < -0.39 is 5.97 Å². The molecular weight excluding hydrogens is 342 g/mol. The number of hydrogen-bond donors (Lipinski definition) is 3. The fourth-order valence-corrected chi connectivity index (χ4v) is 3.77. The topological polar surface area (TPSA) is 81.7 Å². The van der Waals surface area contributed by atoms with Gasteiger partial charge in [-0.05, 0) is 37.5 Å². The highest BCUT2D eigenvalue weighted by Crippen LogP contribution is 2.36. The standard InChI is InChI=1S/C18H22ClN3O3/c1-3-14-16(11-4-6-12(19)7-5-11)17-20-10(2)13(8-9-15(23)24)18(25)22(17)21-14/h4-7,14,16-17,20-21H,3,8-9H2,1-2H3,(H,23,24). The van der Waals surface area contributed by atoms with Crippen LogP contribution in [0.1, 0.15) is 44.6 Å². The van der Waals surface area contributed by atoms with E-state index in [9.17, 15) is 9.59 Å². The van der Waals surface area contributed by atoms with Gasteiger partial charge in [0.1, 0.15) is 6.17 Å². The Balaban J connectivity index is 1.90. The Bertz CT molecular complexity index is 717. The smallest absolute Gasteiger partial charge is 0.303 e. The van der Waals surface area contributed by atoms with Crippen LogP contribution in [-0.4, -0.2) is 34.2 Å². The monoisotopic (exact) mass is 363 g/mol. The van der Waals surface area contributed by atoms with E-state index in [1.807, 2.05) is 31.2 Å².